The Hall–Kier alpha value is -1.66. The van der Waals surface area contributed by atoms with Gasteiger partial charge in [-0.1, -0.05) is 231 Å². The maximum Gasteiger partial charge on any atom is 0.305 e. The van der Waals surface area contributed by atoms with Gasteiger partial charge in [-0.15, -0.1) is 0 Å². The molecule has 0 aromatic heterocycles. The first kappa shape index (κ1) is 57.3. The molecule has 0 saturated heterocycles. The second kappa shape index (κ2) is 49.0. The largest absolute Gasteiger partial charge is 0.466 e. The van der Waals surface area contributed by atoms with Gasteiger partial charge in [-0.05, 0) is 57.8 Å². The summed E-state index contributed by atoms with van der Waals surface area (Å²) in [7, 11) is 0. The summed E-state index contributed by atoms with van der Waals surface area (Å²) in [5, 5.41) is 23.0. The Morgan fingerprint density at radius 3 is 1.24 bits per heavy atom. The lowest BCUT2D eigenvalue weighted by atomic mass is 10.0. The highest BCUT2D eigenvalue weighted by Gasteiger charge is 2.18. The lowest BCUT2D eigenvalue weighted by Crippen LogP contribution is -2.45. The second-order valence-electron chi connectivity index (χ2n) is 17.9. The molecule has 0 rings (SSSR count). The van der Waals surface area contributed by atoms with Crippen molar-refractivity contribution in [2.75, 3.05) is 13.2 Å². The van der Waals surface area contributed by atoms with Gasteiger partial charge < -0.3 is 20.3 Å². The fourth-order valence-electron chi connectivity index (χ4n) is 7.92. The molecule has 0 heterocycles. The molecule has 0 fully saturated rings. The second-order valence-corrected chi connectivity index (χ2v) is 17.9. The van der Waals surface area contributed by atoms with E-state index in [-0.39, 0.29) is 18.5 Å². The van der Waals surface area contributed by atoms with Gasteiger partial charge in [0.2, 0.25) is 5.91 Å². The van der Waals surface area contributed by atoms with E-state index in [9.17, 15) is 19.8 Å². The summed E-state index contributed by atoms with van der Waals surface area (Å²) in [6.45, 7) is 4.86. The van der Waals surface area contributed by atoms with Crippen LogP contribution in [-0.4, -0.2) is 47.4 Å². The van der Waals surface area contributed by atoms with Crippen molar-refractivity contribution in [2.45, 2.75) is 289 Å². The summed E-state index contributed by atoms with van der Waals surface area (Å²) in [6, 6.07) is -0.629. The Labute approximate surface area is 367 Å². The normalized spacial score (nSPS) is 12.8. The predicted octanol–water partition coefficient (Wildman–Crippen LogP) is 15.5. The molecule has 0 aliphatic rings. The third-order valence-corrected chi connectivity index (χ3v) is 12.0. The molecule has 0 spiro atoms. The molecule has 0 aromatic carbocycles. The summed E-state index contributed by atoms with van der Waals surface area (Å²) >= 11 is 0. The highest BCUT2D eigenvalue weighted by Crippen LogP contribution is 2.16. The molecular weight excluding hydrogens is 731 g/mol. The summed E-state index contributed by atoms with van der Waals surface area (Å²) in [6.07, 6.45) is 57.5. The van der Waals surface area contributed by atoms with Crippen LogP contribution in [0.5, 0.6) is 0 Å². The molecule has 0 aliphatic heterocycles. The van der Waals surface area contributed by atoms with Crippen molar-refractivity contribution in [3.05, 3.63) is 24.3 Å². The van der Waals surface area contributed by atoms with Gasteiger partial charge >= 0.3 is 5.97 Å². The molecule has 0 radical (unpaired) electrons. The topological polar surface area (TPSA) is 95.9 Å². The minimum Gasteiger partial charge on any atom is -0.466 e. The number of unbranched alkanes of at least 4 members (excludes halogenated alkanes) is 35. The lowest BCUT2D eigenvalue weighted by molar-refractivity contribution is -0.143. The maximum atomic E-state index is 12.4. The molecule has 0 aliphatic carbocycles. The molecule has 0 saturated carbocycles. The van der Waals surface area contributed by atoms with Crippen molar-refractivity contribution in [2.24, 2.45) is 0 Å². The lowest BCUT2D eigenvalue weighted by Gasteiger charge is -2.20. The van der Waals surface area contributed by atoms with Crippen LogP contribution in [0.3, 0.4) is 0 Å². The highest BCUT2D eigenvalue weighted by atomic mass is 16.5. The predicted molar refractivity (Wildman–Crippen MR) is 255 cm³/mol. The first-order chi connectivity index (χ1) is 29.0. The van der Waals surface area contributed by atoms with Crippen LogP contribution < -0.4 is 5.32 Å². The number of aliphatic hydroxyl groups is 2. The third-order valence-electron chi connectivity index (χ3n) is 12.0. The van der Waals surface area contributed by atoms with E-state index < -0.39 is 12.1 Å². The summed E-state index contributed by atoms with van der Waals surface area (Å²) in [4.78, 5) is 24.4. The number of allylic oxidation sites excluding steroid dienone is 3. The summed E-state index contributed by atoms with van der Waals surface area (Å²) < 4.78 is 5.45. The van der Waals surface area contributed by atoms with Crippen LogP contribution in [0, 0.1) is 0 Å². The van der Waals surface area contributed by atoms with E-state index >= 15 is 0 Å². The van der Waals surface area contributed by atoms with E-state index in [1.807, 2.05) is 6.08 Å². The van der Waals surface area contributed by atoms with Crippen molar-refractivity contribution in [1.82, 2.24) is 5.32 Å². The zero-order valence-electron chi connectivity index (χ0n) is 39.5. The van der Waals surface area contributed by atoms with Gasteiger partial charge in [0, 0.05) is 12.8 Å². The van der Waals surface area contributed by atoms with Crippen LogP contribution in [0.4, 0.5) is 0 Å². The molecule has 6 nitrogen and oxygen atoms in total. The van der Waals surface area contributed by atoms with Crippen molar-refractivity contribution in [1.29, 1.82) is 0 Å². The van der Waals surface area contributed by atoms with Crippen molar-refractivity contribution < 1.29 is 24.5 Å². The average Bonchev–Trinajstić information content (AvgIpc) is 3.24. The number of aliphatic hydroxyl groups excluding tert-OH is 2. The number of hydrogen-bond acceptors (Lipinski definition) is 5. The van der Waals surface area contributed by atoms with Gasteiger partial charge in [-0.3, -0.25) is 9.59 Å². The van der Waals surface area contributed by atoms with E-state index in [2.05, 4.69) is 31.3 Å². The number of carbonyl (C=O) groups is 2. The number of amides is 1. The Kier molecular flexibility index (Phi) is 47.6. The minimum atomic E-state index is -0.845. The molecule has 2 unspecified atom stereocenters. The van der Waals surface area contributed by atoms with E-state index in [0.29, 0.717) is 19.4 Å². The molecule has 1 amide bonds. The first-order valence-electron chi connectivity index (χ1n) is 26.1. The molecule has 59 heavy (non-hydrogen) atoms. The SMILES string of the molecule is CCCCC/C=C\CCCCCCCC(=O)OCCCCCCCCCCCCCCCCCCCCC(=O)NC(CO)C(O)/C=C/CCCCCCCCCCCC. The standard InChI is InChI=1S/C53H101NO5/c1-3-5-7-9-11-13-15-25-29-33-37-41-45-51(56)50(49-55)54-52(57)46-42-38-34-30-26-23-21-19-17-18-20-22-24-28-32-36-40-44-48-59-53(58)47-43-39-35-31-27-16-14-12-10-8-6-4-2/h12,14,41,45,50-51,55-56H,3-11,13,15-40,42-44,46-49H2,1-2H3,(H,54,57)/b14-12-,45-41+. The fourth-order valence-corrected chi connectivity index (χ4v) is 7.92. The highest BCUT2D eigenvalue weighted by molar-refractivity contribution is 5.76. The van der Waals surface area contributed by atoms with Crippen molar-refractivity contribution in [3.63, 3.8) is 0 Å². The zero-order chi connectivity index (χ0) is 43.0. The van der Waals surface area contributed by atoms with E-state index in [0.717, 1.165) is 44.9 Å². The molecule has 6 heteroatoms. The Morgan fingerprint density at radius 1 is 0.458 bits per heavy atom. The number of nitrogens with one attached hydrogen (secondary N) is 1. The summed E-state index contributed by atoms with van der Waals surface area (Å²) in [5.41, 5.74) is 0. The molecular formula is C53H101NO5. The molecule has 0 aromatic rings. The Morgan fingerprint density at radius 2 is 0.797 bits per heavy atom. The van der Waals surface area contributed by atoms with Gasteiger partial charge in [0.25, 0.3) is 0 Å². The first-order valence-corrected chi connectivity index (χ1v) is 26.1. The molecule has 0 bridgehead atoms. The van der Waals surface area contributed by atoms with E-state index in [1.165, 1.54) is 205 Å². The Balaban J connectivity index is 3.43. The van der Waals surface area contributed by atoms with E-state index in [1.54, 1.807) is 6.08 Å². The van der Waals surface area contributed by atoms with Crippen LogP contribution in [0.2, 0.25) is 0 Å². The summed E-state index contributed by atoms with van der Waals surface area (Å²) in [5.74, 6) is -0.0770. The van der Waals surface area contributed by atoms with Crippen molar-refractivity contribution >= 4 is 11.9 Å². The zero-order valence-corrected chi connectivity index (χ0v) is 39.5. The molecule has 348 valence electrons. The van der Waals surface area contributed by atoms with Crippen LogP contribution >= 0.6 is 0 Å². The van der Waals surface area contributed by atoms with Crippen molar-refractivity contribution in [3.8, 4) is 0 Å². The van der Waals surface area contributed by atoms with Gasteiger partial charge in [0.1, 0.15) is 0 Å². The Bertz CT molecular complexity index is 920. The van der Waals surface area contributed by atoms with Gasteiger partial charge in [0.15, 0.2) is 0 Å². The average molecular weight is 832 g/mol. The molecule has 2 atom stereocenters. The monoisotopic (exact) mass is 832 g/mol. The number of hydrogen-bond donors (Lipinski definition) is 3. The van der Waals surface area contributed by atoms with E-state index in [4.69, 9.17) is 4.74 Å². The van der Waals surface area contributed by atoms with Gasteiger partial charge in [-0.25, -0.2) is 0 Å². The number of esters is 1. The number of rotatable bonds is 48. The van der Waals surface area contributed by atoms with Crippen LogP contribution in [0.25, 0.3) is 0 Å². The molecule has 3 N–H and O–H groups in total. The smallest absolute Gasteiger partial charge is 0.305 e. The minimum absolute atomic E-state index is 0.00402. The van der Waals surface area contributed by atoms with Gasteiger partial charge in [0.05, 0.1) is 25.4 Å². The quantitative estimate of drug-likeness (QED) is 0.0322. The van der Waals surface area contributed by atoms with Crippen LogP contribution in [0.1, 0.15) is 277 Å². The number of carbonyl (C=O) groups excluding carboxylic acids is 2. The van der Waals surface area contributed by atoms with Gasteiger partial charge in [-0.2, -0.15) is 0 Å². The van der Waals surface area contributed by atoms with Crippen LogP contribution in [-0.2, 0) is 14.3 Å². The maximum absolute atomic E-state index is 12.4. The van der Waals surface area contributed by atoms with Crippen LogP contribution in [0.15, 0.2) is 24.3 Å². The fraction of sp³-hybridized carbons (Fsp3) is 0.887. The number of ether oxygens (including phenoxy) is 1. The third kappa shape index (κ3) is 45.7.